The van der Waals surface area contributed by atoms with Crippen LogP contribution >= 0.6 is 0 Å². The second kappa shape index (κ2) is 6.10. The number of phenols is 1. The third kappa shape index (κ3) is 2.93. The zero-order chi connectivity index (χ0) is 14.8. The molecule has 0 aliphatic carbocycles. The average molecular weight is 286 g/mol. The summed E-state index contributed by atoms with van der Waals surface area (Å²) in [5.41, 5.74) is 2.47. The Labute approximate surface area is 127 Å². The SMILES string of the molecule is CC(C)n1c(CN2CCCCCC2)cc2c(O)cccc21. The normalized spacial score (nSPS) is 17.5. The van der Waals surface area contributed by atoms with Crippen LogP contribution in [-0.4, -0.2) is 27.7 Å². The van der Waals surface area contributed by atoms with Crippen LogP contribution in [0.3, 0.4) is 0 Å². The van der Waals surface area contributed by atoms with E-state index < -0.39 is 0 Å². The van der Waals surface area contributed by atoms with Crippen LogP contribution in [0.1, 0.15) is 51.3 Å². The van der Waals surface area contributed by atoms with E-state index in [0.29, 0.717) is 11.8 Å². The molecule has 1 N–H and O–H groups in total. The second-order valence-corrected chi connectivity index (χ2v) is 6.50. The van der Waals surface area contributed by atoms with E-state index >= 15 is 0 Å². The summed E-state index contributed by atoms with van der Waals surface area (Å²) in [5, 5.41) is 11.1. The third-order valence-electron chi connectivity index (χ3n) is 4.54. The largest absolute Gasteiger partial charge is 0.507 e. The molecule has 114 valence electrons. The van der Waals surface area contributed by atoms with Gasteiger partial charge in [0.1, 0.15) is 5.75 Å². The van der Waals surface area contributed by atoms with Crippen LogP contribution in [0.15, 0.2) is 24.3 Å². The Bertz CT molecular complexity index is 607. The van der Waals surface area contributed by atoms with Gasteiger partial charge in [-0.25, -0.2) is 0 Å². The molecular weight excluding hydrogens is 260 g/mol. The van der Waals surface area contributed by atoms with E-state index in [2.05, 4.69) is 35.4 Å². The highest BCUT2D eigenvalue weighted by Gasteiger charge is 2.17. The molecule has 3 nitrogen and oxygen atoms in total. The summed E-state index contributed by atoms with van der Waals surface area (Å²) in [6, 6.07) is 8.41. The van der Waals surface area contributed by atoms with Crippen LogP contribution in [0.4, 0.5) is 0 Å². The molecule has 2 heterocycles. The Morgan fingerprint density at radius 1 is 1.10 bits per heavy atom. The minimum atomic E-state index is 0.393. The number of aromatic hydroxyl groups is 1. The molecule has 1 aromatic heterocycles. The van der Waals surface area contributed by atoms with E-state index in [1.54, 1.807) is 6.07 Å². The molecular formula is C18H26N2O. The van der Waals surface area contributed by atoms with E-state index in [1.807, 2.05) is 6.07 Å². The standard InChI is InChI=1S/C18H26N2O/c1-14(2)20-15(13-19-10-5-3-4-6-11-19)12-16-17(20)8-7-9-18(16)21/h7-9,12,14,21H,3-6,10-11,13H2,1-2H3. The molecule has 1 aliphatic rings. The molecule has 3 heteroatoms. The van der Waals surface area contributed by atoms with Crippen LogP contribution in [0.5, 0.6) is 5.75 Å². The van der Waals surface area contributed by atoms with Crippen LogP contribution in [0, 0.1) is 0 Å². The molecule has 0 unspecified atom stereocenters. The van der Waals surface area contributed by atoms with Gasteiger partial charge in [0.15, 0.2) is 0 Å². The van der Waals surface area contributed by atoms with Crippen LogP contribution < -0.4 is 0 Å². The number of benzene rings is 1. The average Bonchev–Trinajstić information content (AvgIpc) is 2.63. The lowest BCUT2D eigenvalue weighted by molar-refractivity contribution is 0.268. The molecule has 2 aromatic rings. The first-order chi connectivity index (χ1) is 10.2. The van der Waals surface area contributed by atoms with E-state index in [4.69, 9.17) is 0 Å². The van der Waals surface area contributed by atoms with Gasteiger partial charge in [0.2, 0.25) is 0 Å². The fourth-order valence-corrected chi connectivity index (χ4v) is 3.55. The van der Waals surface area contributed by atoms with Gasteiger partial charge in [-0.05, 0) is 58.0 Å². The van der Waals surface area contributed by atoms with Crippen LogP contribution in [0.2, 0.25) is 0 Å². The Morgan fingerprint density at radius 2 is 1.81 bits per heavy atom. The topological polar surface area (TPSA) is 28.4 Å². The predicted molar refractivity (Wildman–Crippen MR) is 87.7 cm³/mol. The number of nitrogens with zero attached hydrogens (tertiary/aromatic N) is 2. The molecule has 1 saturated heterocycles. The van der Waals surface area contributed by atoms with Gasteiger partial charge in [-0.3, -0.25) is 4.90 Å². The van der Waals surface area contributed by atoms with Crippen molar-refractivity contribution in [2.75, 3.05) is 13.1 Å². The van der Waals surface area contributed by atoms with Crippen molar-refractivity contribution >= 4 is 10.9 Å². The lowest BCUT2D eigenvalue weighted by Gasteiger charge is -2.22. The fourth-order valence-electron chi connectivity index (χ4n) is 3.55. The monoisotopic (exact) mass is 286 g/mol. The highest BCUT2D eigenvalue weighted by molar-refractivity contribution is 5.87. The van der Waals surface area contributed by atoms with Crippen molar-refractivity contribution in [3.05, 3.63) is 30.0 Å². The predicted octanol–water partition coefficient (Wildman–Crippen LogP) is 4.30. The molecule has 0 saturated carbocycles. The number of likely N-dealkylation sites (tertiary alicyclic amines) is 1. The van der Waals surface area contributed by atoms with Gasteiger partial charge in [-0.1, -0.05) is 18.9 Å². The number of hydrogen-bond acceptors (Lipinski definition) is 2. The number of phenolic OH excluding ortho intramolecular Hbond substituents is 1. The molecule has 21 heavy (non-hydrogen) atoms. The van der Waals surface area contributed by atoms with Crippen molar-refractivity contribution in [2.45, 2.75) is 52.1 Å². The molecule has 1 aliphatic heterocycles. The lowest BCUT2D eigenvalue weighted by atomic mass is 10.2. The van der Waals surface area contributed by atoms with Gasteiger partial charge in [0, 0.05) is 23.7 Å². The summed E-state index contributed by atoms with van der Waals surface area (Å²) in [4.78, 5) is 2.57. The molecule has 1 aromatic carbocycles. The second-order valence-electron chi connectivity index (χ2n) is 6.50. The fraction of sp³-hybridized carbons (Fsp3) is 0.556. The number of rotatable bonds is 3. The Hall–Kier alpha value is -1.48. The highest BCUT2D eigenvalue weighted by Crippen LogP contribution is 2.31. The lowest BCUT2D eigenvalue weighted by Crippen LogP contribution is -2.25. The number of hydrogen-bond donors (Lipinski definition) is 1. The van der Waals surface area contributed by atoms with Crippen molar-refractivity contribution in [3.63, 3.8) is 0 Å². The molecule has 0 atom stereocenters. The van der Waals surface area contributed by atoms with E-state index in [-0.39, 0.29) is 0 Å². The first-order valence-electron chi connectivity index (χ1n) is 8.21. The van der Waals surface area contributed by atoms with Crippen molar-refractivity contribution < 1.29 is 5.11 Å². The quantitative estimate of drug-likeness (QED) is 0.911. The van der Waals surface area contributed by atoms with Crippen molar-refractivity contribution in [3.8, 4) is 5.75 Å². The summed E-state index contributed by atoms with van der Waals surface area (Å²) >= 11 is 0. The Morgan fingerprint density at radius 3 is 2.48 bits per heavy atom. The number of fused-ring (bicyclic) bond motifs is 1. The molecule has 0 bridgehead atoms. The maximum atomic E-state index is 10.1. The van der Waals surface area contributed by atoms with Crippen LogP contribution in [0.25, 0.3) is 10.9 Å². The summed E-state index contributed by atoms with van der Waals surface area (Å²) in [7, 11) is 0. The van der Waals surface area contributed by atoms with E-state index in [9.17, 15) is 5.11 Å². The summed E-state index contributed by atoms with van der Waals surface area (Å²) < 4.78 is 2.37. The molecule has 3 rings (SSSR count). The smallest absolute Gasteiger partial charge is 0.124 e. The van der Waals surface area contributed by atoms with Gasteiger partial charge in [-0.2, -0.15) is 0 Å². The Balaban J connectivity index is 1.96. The van der Waals surface area contributed by atoms with Crippen LogP contribution in [-0.2, 0) is 6.54 Å². The van der Waals surface area contributed by atoms with Crippen molar-refractivity contribution in [1.82, 2.24) is 9.47 Å². The third-order valence-corrected chi connectivity index (χ3v) is 4.54. The summed E-state index contributed by atoms with van der Waals surface area (Å²) in [6.07, 6.45) is 5.36. The molecule has 0 amide bonds. The zero-order valence-electron chi connectivity index (χ0n) is 13.2. The zero-order valence-corrected chi connectivity index (χ0v) is 13.2. The number of aromatic nitrogens is 1. The molecule has 1 fully saturated rings. The maximum absolute atomic E-state index is 10.1. The highest BCUT2D eigenvalue weighted by atomic mass is 16.3. The minimum Gasteiger partial charge on any atom is -0.507 e. The molecule has 0 radical (unpaired) electrons. The first-order valence-corrected chi connectivity index (χ1v) is 8.21. The van der Waals surface area contributed by atoms with Crippen molar-refractivity contribution in [1.29, 1.82) is 0 Å². The van der Waals surface area contributed by atoms with Crippen molar-refractivity contribution in [2.24, 2.45) is 0 Å². The van der Waals surface area contributed by atoms with Gasteiger partial charge in [-0.15, -0.1) is 0 Å². The minimum absolute atomic E-state index is 0.393. The van der Waals surface area contributed by atoms with E-state index in [0.717, 1.165) is 17.4 Å². The maximum Gasteiger partial charge on any atom is 0.124 e. The van der Waals surface area contributed by atoms with Gasteiger partial charge < -0.3 is 9.67 Å². The molecule has 0 spiro atoms. The first kappa shape index (κ1) is 14.5. The van der Waals surface area contributed by atoms with Gasteiger partial charge in [0.25, 0.3) is 0 Å². The summed E-state index contributed by atoms with van der Waals surface area (Å²) in [6.45, 7) is 7.83. The van der Waals surface area contributed by atoms with Gasteiger partial charge in [0.05, 0.1) is 5.52 Å². The Kier molecular flexibility index (Phi) is 4.20. The van der Waals surface area contributed by atoms with Gasteiger partial charge >= 0.3 is 0 Å². The summed E-state index contributed by atoms with van der Waals surface area (Å²) in [5.74, 6) is 0.393. The van der Waals surface area contributed by atoms with E-state index in [1.165, 1.54) is 44.5 Å².